The maximum atomic E-state index is 5.80. The largest absolute Gasteiger partial charge is 0.493 e. The van der Waals surface area contributed by atoms with Gasteiger partial charge in [-0.05, 0) is 61.5 Å². The fourth-order valence-corrected chi connectivity index (χ4v) is 3.28. The number of benzene rings is 2. The van der Waals surface area contributed by atoms with E-state index in [-0.39, 0.29) is 6.04 Å². The average molecular weight is 356 g/mol. The molecule has 1 heterocycles. The minimum absolute atomic E-state index is 0.148. The van der Waals surface area contributed by atoms with Gasteiger partial charge in [0.25, 0.3) is 0 Å². The molecule has 2 aromatic rings. The third-order valence-corrected chi connectivity index (χ3v) is 4.72. The molecule has 1 atom stereocenters. The highest BCUT2D eigenvalue weighted by Crippen LogP contribution is 2.37. The summed E-state index contributed by atoms with van der Waals surface area (Å²) in [5.41, 5.74) is 3.77. The number of hydrogen-bond acceptors (Lipinski definition) is 5. The van der Waals surface area contributed by atoms with Crippen molar-refractivity contribution in [3.63, 3.8) is 0 Å². The number of hydrogen-bond donors (Lipinski definition) is 1. The van der Waals surface area contributed by atoms with Crippen molar-refractivity contribution in [3.8, 4) is 17.2 Å². The molecule has 0 amide bonds. The van der Waals surface area contributed by atoms with Crippen molar-refractivity contribution in [1.82, 2.24) is 10.2 Å². The van der Waals surface area contributed by atoms with E-state index >= 15 is 0 Å². The van der Waals surface area contributed by atoms with Crippen molar-refractivity contribution >= 4 is 0 Å². The van der Waals surface area contributed by atoms with Gasteiger partial charge in [0.1, 0.15) is 12.4 Å². The third-order valence-electron chi connectivity index (χ3n) is 4.72. The first-order valence-corrected chi connectivity index (χ1v) is 8.98. The molecule has 0 bridgehead atoms. The monoisotopic (exact) mass is 356 g/mol. The van der Waals surface area contributed by atoms with Crippen LogP contribution in [0.5, 0.6) is 17.2 Å². The molecule has 5 heteroatoms. The zero-order valence-corrected chi connectivity index (χ0v) is 16.0. The maximum absolute atomic E-state index is 5.80. The number of likely N-dealkylation sites (N-methyl/N-ethyl adjacent to an activating group) is 1. The van der Waals surface area contributed by atoms with Gasteiger partial charge in [-0.3, -0.25) is 0 Å². The zero-order chi connectivity index (χ0) is 18.5. The van der Waals surface area contributed by atoms with E-state index in [9.17, 15) is 0 Å². The summed E-state index contributed by atoms with van der Waals surface area (Å²) >= 11 is 0. The highest BCUT2D eigenvalue weighted by atomic mass is 16.5. The van der Waals surface area contributed by atoms with Gasteiger partial charge in [0, 0.05) is 13.1 Å². The molecule has 1 aliphatic rings. The van der Waals surface area contributed by atoms with Gasteiger partial charge in [0.15, 0.2) is 11.5 Å². The predicted octanol–water partition coefficient (Wildman–Crippen LogP) is 2.88. The topological polar surface area (TPSA) is 43.0 Å². The van der Waals surface area contributed by atoms with Crippen LogP contribution in [0.2, 0.25) is 0 Å². The molecule has 0 saturated heterocycles. The van der Waals surface area contributed by atoms with Crippen molar-refractivity contribution in [2.75, 3.05) is 48.0 Å². The molecule has 1 aliphatic heterocycles. The van der Waals surface area contributed by atoms with E-state index in [4.69, 9.17) is 14.2 Å². The normalized spacial score (nSPS) is 16.3. The molecule has 0 aromatic heterocycles. The molecule has 0 aliphatic carbocycles. The van der Waals surface area contributed by atoms with E-state index < -0.39 is 0 Å². The highest BCUT2D eigenvalue weighted by Gasteiger charge is 2.23. The van der Waals surface area contributed by atoms with Gasteiger partial charge in [0.05, 0.1) is 20.3 Å². The van der Waals surface area contributed by atoms with E-state index in [2.05, 4.69) is 34.5 Å². The van der Waals surface area contributed by atoms with Crippen LogP contribution in [0.25, 0.3) is 0 Å². The maximum Gasteiger partial charge on any atom is 0.161 e. The molecule has 140 valence electrons. The number of rotatable bonds is 7. The fraction of sp³-hybridized carbons (Fsp3) is 0.429. The summed E-state index contributed by atoms with van der Waals surface area (Å²) < 4.78 is 16.7. The van der Waals surface area contributed by atoms with Gasteiger partial charge < -0.3 is 24.4 Å². The Hall–Kier alpha value is -2.24. The van der Waals surface area contributed by atoms with Crippen LogP contribution in [0.3, 0.4) is 0 Å². The van der Waals surface area contributed by atoms with Crippen LogP contribution in [0.4, 0.5) is 0 Å². The van der Waals surface area contributed by atoms with Gasteiger partial charge >= 0.3 is 0 Å². The van der Waals surface area contributed by atoms with Crippen LogP contribution in [0.15, 0.2) is 36.4 Å². The van der Waals surface area contributed by atoms with Gasteiger partial charge in [-0.2, -0.15) is 0 Å². The number of fused-ring (bicyclic) bond motifs is 1. The molecule has 5 nitrogen and oxygen atoms in total. The van der Waals surface area contributed by atoms with Crippen molar-refractivity contribution in [1.29, 1.82) is 0 Å². The van der Waals surface area contributed by atoms with Crippen LogP contribution in [0.1, 0.15) is 22.7 Å². The quantitative estimate of drug-likeness (QED) is 0.826. The van der Waals surface area contributed by atoms with Gasteiger partial charge in [-0.15, -0.1) is 0 Å². The number of nitrogens with one attached hydrogen (secondary N) is 1. The molecule has 0 saturated carbocycles. The van der Waals surface area contributed by atoms with Gasteiger partial charge in [-0.25, -0.2) is 0 Å². The summed E-state index contributed by atoms with van der Waals surface area (Å²) in [6.07, 6.45) is 0.984. The van der Waals surface area contributed by atoms with Crippen molar-refractivity contribution in [2.45, 2.75) is 12.5 Å². The molecular formula is C21H28N2O3. The Morgan fingerprint density at radius 1 is 1.04 bits per heavy atom. The van der Waals surface area contributed by atoms with Crippen molar-refractivity contribution in [2.24, 2.45) is 0 Å². The minimum atomic E-state index is 0.148. The third kappa shape index (κ3) is 4.11. The van der Waals surface area contributed by atoms with Gasteiger partial charge in [0.2, 0.25) is 0 Å². The Bertz CT molecular complexity index is 729. The smallest absolute Gasteiger partial charge is 0.161 e. The minimum Gasteiger partial charge on any atom is -0.493 e. The van der Waals surface area contributed by atoms with Crippen LogP contribution >= 0.6 is 0 Å². The van der Waals surface area contributed by atoms with Crippen LogP contribution < -0.4 is 19.5 Å². The summed E-state index contributed by atoms with van der Waals surface area (Å²) in [5.74, 6) is 2.46. The molecule has 0 fully saturated rings. The lowest BCUT2D eigenvalue weighted by Crippen LogP contribution is -2.30. The number of methoxy groups -OCH3 is 2. The van der Waals surface area contributed by atoms with Crippen LogP contribution in [-0.2, 0) is 6.42 Å². The van der Waals surface area contributed by atoms with Crippen molar-refractivity contribution in [3.05, 3.63) is 53.1 Å². The molecule has 1 unspecified atom stereocenters. The lowest BCUT2D eigenvalue weighted by atomic mass is 9.89. The Morgan fingerprint density at radius 3 is 2.38 bits per heavy atom. The molecule has 0 spiro atoms. The summed E-state index contributed by atoms with van der Waals surface area (Å²) in [6, 6.07) is 12.7. The second-order valence-electron chi connectivity index (χ2n) is 6.76. The van der Waals surface area contributed by atoms with Crippen molar-refractivity contribution < 1.29 is 14.2 Å². The lowest BCUT2D eigenvalue weighted by molar-refractivity contribution is 0.261. The first-order chi connectivity index (χ1) is 12.6. The number of nitrogens with zero attached hydrogens (tertiary/aromatic N) is 1. The first-order valence-electron chi connectivity index (χ1n) is 8.98. The summed E-state index contributed by atoms with van der Waals surface area (Å²) in [6.45, 7) is 2.53. The van der Waals surface area contributed by atoms with Crippen LogP contribution in [0, 0.1) is 0 Å². The second-order valence-corrected chi connectivity index (χ2v) is 6.76. The highest BCUT2D eigenvalue weighted by molar-refractivity contribution is 5.51. The first kappa shape index (κ1) is 18.5. The molecule has 1 N–H and O–H groups in total. The van der Waals surface area contributed by atoms with E-state index in [1.807, 2.05) is 26.2 Å². The molecule has 0 radical (unpaired) electrons. The SMILES string of the molecule is COc1cc2c(cc1OC)C(c1ccc(OCCN(C)C)cc1)NCC2. The summed E-state index contributed by atoms with van der Waals surface area (Å²) in [5, 5.41) is 3.61. The Kier molecular flexibility index (Phi) is 6.01. The lowest BCUT2D eigenvalue weighted by Gasteiger charge is -2.28. The molecular weight excluding hydrogens is 328 g/mol. The van der Waals surface area contributed by atoms with E-state index in [1.165, 1.54) is 16.7 Å². The second kappa shape index (κ2) is 8.43. The van der Waals surface area contributed by atoms with E-state index in [1.54, 1.807) is 14.2 Å². The summed E-state index contributed by atoms with van der Waals surface area (Å²) in [4.78, 5) is 2.11. The predicted molar refractivity (Wildman–Crippen MR) is 104 cm³/mol. The van der Waals surface area contributed by atoms with E-state index in [0.717, 1.165) is 36.8 Å². The van der Waals surface area contributed by atoms with Crippen LogP contribution in [-0.4, -0.2) is 52.9 Å². The fourth-order valence-electron chi connectivity index (χ4n) is 3.28. The zero-order valence-electron chi connectivity index (χ0n) is 16.0. The van der Waals surface area contributed by atoms with Gasteiger partial charge in [-0.1, -0.05) is 12.1 Å². The Balaban J connectivity index is 1.80. The molecule has 26 heavy (non-hydrogen) atoms. The average Bonchev–Trinajstić information content (AvgIpc) is 2.66. The Morgan fingerprint density at radius 2 is 1.73 bits per heavy atom. The number of ether oxygens (including phenoxy) is 3. The Labute approximate surface area is 155 Å². The summed E-state index contributed by atoms with van der Waals surface area (Å²) in [7, 11) is 7.44. The molecule has 3 rings (SSSR count). The molecule has 2 aromatic carbocycles. The van der Waals surface area contributed by atoms with E-state index in [0.29, 0.717) is 6.61 Å². The standard InChI is InChI=1S/C21H28N2O3/c1-23(2)11-12-26-17-7-5-15(6-8-17)21-18-14-20(25-4)19(24-3)13-16(18)9-10-22-21/h5-8,13-14,21-22H,9-12H2,1-4H3.